The lowest BCUT2D eigenvalue weighted by Crippen LogP contribution is -2.56. The van der Waals surface area contributed by atoms with E-state index in [2.05, 4.69) is 19.3 Å². The van der Waals surface area contributed by atoms with Gasteiger partial charge in [0.2, 0.25) is 5.91 Å². The quantitative estimate of drug-likeness (QED) is 0.0903. The number of anilines is 1. The van der Waals surface area contributed by atoms with Gasteiger partial charge in [-0.2, -0.15) is 4.31 Å². The number of aromatic nitrogens is 4. The highest BCUT2D eigenvalue weighted by Crippen LogP contribution is 2.61. The van der Waals surface area contributed by atoms with Crippen LogP contribution < -0.4 is 17.2 Å². The molecule has 4 aliphatic rings. The third-order valence-corrected chi connectivity index (χ3v) is 11.7. The van der Waals surface area contributed by atoms with Crippen LogP contribution in [0.5, 0.6) is 0 Å². The molecule has 1 amide bonds. The van der Waals surface area contributed by atoms with Crippen LogP contribution >= 0.6 is 15.6 Å². The van der Waals surface area contributed by atoms with Gasteiger partial charge in [0.25, 0.3) is 0 Å². The van der Waals surface area contributed by atoms with Crippen molar-refractivity contribution >= 4 is 44.5 Å². The summed E-state index contributed by atoms with van der Waals surface area (Å²) in [5, 5.41) is 62.6. The molecule has 286 valence electrons. The Morgan fingerprint density at radius 2 is 1.50 bits per heavy atom. The fraction of sp³-hybridized carbons (Fsp3) is 0.560. The number of hydrogen-bond donors (Lipinski definition) is 11. The predicted molar refractivity (Wildman–Crippen MR) is 165 cm³/mol. The minimum absolute atomic E-state index is 0.0236. The molecule has 13 atom stereocenters. The molecule has 14 N–H and O–H groups in total. The van der Waals surface area contributed by atoms with Gasteiger partial charge >= 0.3 is 21.6 Å². The van der Waals surface area contributed by atoms with Crippen LogP contribution in [-0.4, -0.2) is 144 Å². The molecule has 3 fully saturated rings. The van der Waals surface area contributed by atoms with Gasteiger partial charge in [0.15, 0.2) is 29.5 Å². The van der Waals surface area contributed by atoms with E-state index in [4.69, 9.17) is 35.7 Å². The zero-order chi connectivity index (χ0) is 38.1. The number of aliphatic hydroxyl groups excluding tert-OH is 5. The van der Waals surface area contributed by atoms with E-state index in [1.54, 1.807) is 0 Å². The number of hydrogen-bond acceptors (Lipinski definition) is 20. The number of phosphoric ester groups is 2. The third-order valence-electron chi connectivity index (χ3n) is 9.07. The van der Waals surface area contributed by atoms with Crippen LogP contribution in [0.25, 0.3) is 11.2 Å². The second-order valence-corrected chi connectivity index (χ2v) is 15.3. The Kier molecular flexibility index (Phi) is 10.1. The standard InChI is InChI=1S/C25H34N8O17P2/c26-19-14-21(30-6-29-19)33(7-31-14)23-18(38)16(36)12(49-23)5-47-52(44,45)50-51(42,43)46-4-11-15(35)17(37)22(48-11)32-2-9(20(27)39)8-1-13(34)25(28,24(40)41)10(8)3-32/h2-3,6-8,11-13,15-18,22-23,34-38H,1,4-5,28H2,(H2,27,39)(H,40,41)(H,42,43)(H,44,45)(H2,26,29,30)/t8-,11+,12+,13-,15+,16+,17+,18+,22+,23+,25+/m0/s1. The summed E-state index contributed by atoms with van der Waals surface area (Å²) in [5.74, 6) is -3.61. The maximum absolute atomic E-state index is 12.6. The van der Waals surface area contributed by atoms with Crippen molar-refractivity contribution in [2.24, 2.45) is 17.4 Å². The van der Waals surface area contributed by atoms with E-state index in [-0.39, 0.29) is 34.5 Å². The highest BCUT2D eigenvalue weighted by atomic mass is 31.3. The minimum Gasteiger partial charge on any atom is -0.480 e. The summed E-state index contributed by atoms with van der Waals surface area (Å²) >= 11 is 0. The van der Waals surface area contributed by atoms with Crippen molar-refractivity contribution in [1.82, 2.24) is 24.4 Å². The number of aliphatic carboxylic acids is 1. The molecule has 27 heteroatoms. The molecule has 52 heavy (non-hydrogen) atoms. The molecule has 2 unspecified atom stereocenters. The van der Waals surface area contributed by atoms with Gasteiger partial charge in [-0.3, -0.25) is 18.4 Å². The number of ether oxygens (including phenoxy) is 2. The van der Waals surface area contributed by atoms with Crippen molar-refractivity contribution in [1.29, 1.82) is 0 Å². The van der Waals surface area contributed by atoms with Crippen LogP contribution in [0.3, 0.4) is 0 Å². The minimum atomic E-state index is -5.52. The smallest absolute Gasteiger partial charge is 0.480 e. The van der Waals surface area contributed by atoms with Crippen molar-refractivity contribution in [3.63, 3.8) is 0 Å². The molecule has 0 spiro atoms. The Hall–Kier alpha value is -3.49. The number of fused-ring (bicyclic) bond motifs is 2. The molecule has 0 aromatic carbocycles. The first-order valence-electron chi connectivity index (χ1n) is 15.1. The Balaban J connectivity index is 1.07. The van der Waals surface area contributed by atoms with E-state index in [9.17, 15) is 59.1 Å². The number of imidazole rings is 1. The van der Waals surface area contributed by atoms with E-state index in [1.165, 1.54) is 10.9 Å². The number of carboxylic acid groups (broad SMARTS) is 1. The zero-order valence-corrected chi connectivity index (χ0v) is 28.1. The van der Waals surface area contributed by atoms with Crippen LogP contribution in [0.4, 0.5) is 5.82 Å². The van der Waals surface area contributed by atoms with Crippen molar-refractivity contribution in [2.45, 2.75) is 67.1 Å². The first kappa shape index (κ1) is 38.2. The Morgan fingerprint density at radius 1 is 0.923 bits per heavy atom. The van der Waals surface area contributed by atoms with Crippen molar-refractivity contribution in [3.8, 4) is 0 Å². The van der Waals surface area contributed by atoms with Gasteiger partial charge in [-0.05, 0) is 12.0 Å². The van der Waals surface area contributed by atoms with Gasteiger partial charge in [0.1, 0.15) is 48.5 Å². The zero-order valence-electron chi connectivity index (χ0n) is 26.3. The Bertz CT molecular complexity index is 1910. The fourth-order valence-electron chi connectivity index (χ4n) is 6.38. The molecular weight excluding hydrogens is 746 g/mol. The summed E-state index contributed by atoms with van der Waals surface area (Å²) in [4.78, 5) is 57.3. The predicted octanol–water partition coefficient (Wildman–Crippen LogP) is -4.54. The van der Waals surface area contributed by atoms with E-state index >= 15 is 0 Å². The number of aliphatic hydroxyl groups is 5. The van der Waals surface area contributed by atoms with Crippen LogP contribution in [0, 0.1) is 5.92 Å². The molecule has 1 saturated carbocycles. The van der Waals surface area contributed by atoms with Gasteiger partial charge < -0.3 is 72.0 Å². The number of rotatable bonds is 12. The highest BCUT2D eigenvalue weighted by Gasteiger charge is 2.57. The van der Waals surface area contributed by atoms with Gasteiger partial charge in [-0.15, -0.1) is 0 Å². The lowest BCUT2D eigenvalue weighted by Gasteiger charge is -2.35. The second-order valence-electron chi connectivity index (χ2n) is 12.2. The van der Waals surface area contributed by atoms with E-state index in [0.717, 1.165) is 23.6 Å². The number of nitrogens with two attached hydrogens (primary N) is 3. The lowest BCUT2D eigenvalue weighted by atomic mass is 9.85. The third kappa shape index (κ3) is 6.74. The molecular formula is C25H34N8O17P2. The number of carboxylic acids is 1. The maximum Gasteiger partial charge on any atom is 0.481 e. The normalized spacial score (nSPS) is 37.0. The van der Waals surface area contributed by atoms with E-state index in [1.807, 2.05) is 0 Å². The first-order valence-corrected chi connectivity index (χ1v) is 18.1. The number of nitrogens with zero attached hydrogens (tertiary/aromatic N) is 5. The molecule has 3 aliphatic heterocycles. The molecule has 0 radical (unpaired) electrons. The molecule has 0 bridgehead atoms. The second kappa shape index (κ2) is 13.7. The van der Waals surface area contributed by atoms with Crippen LogP contribution in [0.1, 0.15) is 12.6 Å². The largest absolute Gasteiger partial charge is 0.481 e. The van der Waals surface area contributed by atoms with Crippen LogP contribution in [0.15, 0.2) is 36.2 Å². The van der Waals surface area contributed by atoms with E-state index in [0.29, 0.717) is 0 Å². The summed E-state index contributed by atoms with van der Waals surface area (Å²) < 4.78 is 51.2. The van der Waals surface area contributed by atoms with Gasteiger partial charge in [0, 0.05) is 23.9 Å². The molecule has 6 rings (SSSR count). The first-order chi connectivity index (χ1) is 24.3. The average Bonchev–Trinajstić information content (AvgIpc) is 3.78. The summed E-state index contributed by atoms with van der Waals surface area (Å²) in [7, 11) is -11.0. The molecule has 2 aromatic rings. The molecule has 1 aliphatic carbocycles. The Labute approximate surface area is 290 Å². The SMILES string of the molecule is NC(=O)C1=CN([C@@H]2O[C@H](COP(=O)(O)OP(=O)(O)OC[C@H]3O[C@@H](n4cnc5c(N)ncnc54)[C@H](O)[C@@H]3O)[C@@H](O)[C@H]2O)C=C2[C@H]1C[C@H](O)[C@@]2(N)C(=O)O. The lowest BCUT2D eigenvalue weighted by molar-refractivity contribution is -0.144. The van der Waals surface area contributed by atoms with Crippen LogP contribution in [-0.2, 0) is 41.6 Å². The average molecular weight is 781 g/mol. The maximum atomic E-state index is 12.6. The van der Waals surface area contributed by atoms with Crippen molar-refractivity contribution in [3.05, 3.63) is 36.2 Å². The number of amides is 1. The van der Waals surface area contributed by atoms with Gasteiger partial charge in [-0.1, -0.05) is 0 Å². The number of phosphoric acid groups is 2. The van der Waals surface area contributed by atoms with E-state index < -0.39 is 107 Å². The molecule has 2 saturated heterocycles. The molecule has 5 heterocycles. The molecule has 25 nitrogen and oxygen atoms in total. The summed E-state index contributed by atoms with van der Waals surface area (Å²) in [5.41, 5.74) is 14.8. The summed E-state index contributed by atoms with van der Waals surface area (Å²) in [6, 6.07) is 0. The number of nitrogen functional groups attached to an aromatic ring is 1. The highest BCUT2D eigenvalue weighted by molar-refractivity contribution is 7.61. The monoisotopic (exact) mass is 780 g/mol. The number of carbonyl (C=O) groups excluding carboxylic acids is 1. The Morgan fingerprint density at radius 3 is 2.08 bits per heavy atom. The van der Waals surface area contributed by atoms with Crippen LogP contribution in [0.2, 0.25) is 0 Å². The topological polar surface area (TPSA) is 401 Å². The van der Waals surface area contributed by atoms with Gasteiger partial charge in [-0.25, -0.2) is 28.9 Å². The van der Waals surface area contributed by atoms with Crippen molar-refractivity contribution in [2.75, 3.05) is 18.9 Å². The fourth-order valence-corrected chi connectivity index (χ4v) is 8.47. The van der Waals surface area contributed by atoms with Crippen molar-refractivity contribution < 1.29 is 82.0 Å². The molecule has 2 aromatic heterocycles. The van der Waals surface area contributed by atoms with Gasteiger partial charge in [0.05, 0.1) is 25.6 Å². The summed E-state index contributed by atoms with van der Waals surface area (Å²) in [6.45, 7) is -2.01. The summed E-state index contributed by atoms with van der Waals surface area (Å²) in [6.07, 6.45) is -10.5. The number of primary amides is 1. The number of carbonyl (C=O) groups is 2.